The minimum absolute atomic E-state index is 0.442. The van der Waals surface area contributed by atoms with Gasteiger partial charge in [-0.3, -0.25) is 0 Å². The Morgan fingerprint density at radius 3 is 0.809 bits per heavy atom. The zero-order chi connectivity index (χ0) is 34.7. The van der Waals surface area contributed by atoms with Gasteiger partial charge in [-0.15, -0.1) is 0 Å². The van der Waals surface area contributed by atoms with Crippen LogP contribution in [-0.4, -0.2) is 78.4 Å². The highest BCUT2D eigenvalue weighted by atomic mass is 16.6. The smallest absolute Gasteiger partial charge is 0.347 e. The Morgan fingerprint density at radius 2 is 0.574 bits per heavy atom. The van der Waals surface area contributed by atoms with E-state index >= 15 is 0 Å². The third-order valence-electron chi connectivity index (χ3n) is 6.78. The summed E-state index contributed by atoms with van der Waals surface area (Å²) in [5.41, 5.74) is -8.38. The molecule has 0 atom stereocenters. The molecule has 4 aromatic carbocycles. The molecule has 0 fully saturated rings. The monoisotopic (exact) mass is 642 g/mol. The largest absolute Gasteiger partial charge is 0.478 e. The molecule has 15 heteroatoms. The molecule has 0 heterocycles. The molecule has 0 saturated carbocycles. The van der Waals surface area contributed by atoms with E-state index < -0.39 is 115 Å². The van der Waals surface area contributed by atoms with Gasteiger partial charge in [0.05, 0.1) is 44.5 Å². The van der Waals surface area contributed by atoms with E-state index in [9.17, 15) is 69.0 Å². The van der Waals surface area contributed by atoms with Gasteiger partial charge in [0.25, 0.3) is 0 Å². The fourth-order valence-corrected chi connectivity index (χ4v) is 4.91. The average Bonchev–Trinajstić information content (AvgIpc) is 3.02. The van der Waals surface area contributed by atoms with E-state index in [1.807, 2.05) is 0 Å². The van der Waals surface area contributed by atoms with Crippen molar-refractivity contribution in [3.63, 3.8) is 0 Å². The molecule has 0 aliphatic heterocycles. The van der Waals surface area contributed by atoms with Gasteiger partial charge in [0.2, 0.25) is 0 Å². The van der Waals surface area contributed by atoms with E-state index in [4.69, 9.17) is 4.74 Å². The number of hydrogen-bond acceptors (Lipinski definition) is 9. The van der Waals surface area contributed by atoms with Crippen LogP contribution in [0.3, 0.4) is 0 Å². The third-order valence-corrected chi connectivity index (χ3v) is 6.78. The quantitative estimate of drug-likeness (QED) is 0.104. The second-order valence-corrected chi connectivity index (χ2v) is 9.42. The molecule has 0 unspecified atom stereocenters. The molecule has 0 saturated heterocycles. The number of aromatic carboxylic acids is 6. The number of ether oxygens (including phenoxy) is 1. The Balaban J connectivity index is 1.96. The molecule has 4 rings (SSSR count). The molecule has 0 aliphatic carbocycles. The summed E-state index contributed by atoms with van der Waals surface area (Å²) in [5, 5.41) is 58.4. The van der Waals surface area contributed by atoms with Crippen molar-refractivity contribution in [3.8, 4) is 22.3 Å². The maximum atomic E-state index is 13.6. The van der Waals surface area contributed by atoms with E-state index in [1.165, 1.54) is 0 Å². The summed E-state index contributed by atoms with van der Waals surface area (Å²) in [6.07, 6.45) is 0. The lowest BCUT2D eigenvalue weighted by Crippen LogP contribution is -2.21. The summed E-state index contributed by atoms with van der Waals surface area (Å²) < 4.78 is 4.95. The minimum Gasteiger partial charge on any atom is -0.478 e. The van der Waals surface area contributed by atoms with Gasteiger partial charge < -0.3 is 35.4 Å². The van der Waals surface area contributed by atoms with Crippen LogP contribution < -0.4 is 0 Å². The Bertz CT molecular complexity index is 1930. The predicted molar refractivity (Wildman–Crippen MR) is 155 cm³/mol. The van der Waals surface area contributed by atoms with Gasteiger partial charge in [-0.25, -0.2) is 38.4 Å². The number of carbonyl (C=O) groups is 8. The molecule has 0 radical (unpaired) electrons. The van der Waals surface area contributed by atoms with Crippen LogP contribution in [0.25, 0.3) is 22.3 Å². The lowest BCUT2D eigenvalue weighted by molar-refractivity contribution is 0.0386. The summed E-state index contributed by atoms with van der Waals surface area (Å²) in [7, 11) is 0. The molecule has 0 aliphatic rings. The molecule has 6 N–H and O–H groups in total. The second-order valence-electron chi connectivity index (χ2n) is 9.42. The van der Waals surface area contributed by atoms with Gasteiger partial charge in [0.15, 0.2) is 0 Å². The molecule has 4 aromatic rings. The maximum Gasteiger partial charge on any atom is 0.347 e. The van der Waals surface area contributed by atoms with Crippen molar-refractivity contribution in [1.29, 1.82) is 0 Å². The zero-order valence-electron chi connectivity index (χ0n) is 23.3. The zero-order valence-corrected chi connectivity index (χ0v) is 23.3. The lowest BCUT2D eigenvalue weighted by atomic mass is 9.89. The van der Waals surface area contributed by atoms with Crippen molar-refractivity contribution in [2.45, 2.75) is 0 Å². The van der Waals surface area contributed by atoms with Gasteiger partial charge in [-0.1, -0.05) is 48.5 Å². The summed E-state index contributed by atoms with van der Waals surface area (Å²) in [6, 6.07) is 12.5. The first-order valence-corrected chi connectivity index (χ1v) is 12.9. The van der Waals surface area contributed by atoms with Gasteiger partial charge in [-0.2, -0.15) is 0 Å². The summed E-state index contributed by atoms with van der Waals surface area (Å²) in [4.78, 5) is 99.2. The molecule has 0 amide bonds. The first kappa shape index (κ1) is 32.7. The van der Waals surface area contributed by atoms with Crippen LogP contribution in [0.15, 0.2) is 72.8 Å². The summed E-state index contributed by atoms with van der Waals surface area (Å²) in [6.45, 7) is 0. The van der Waals surface area contributed by atoms with Crippen LogP contribution in [0, 0.1) is 0 Å². The van der Waals surface area contributed by atoms with Crippen LogP contribution in [0.4, 0.5) is 0 Å². The molecule has 15 nitrogen and oxygen atoms in total. The standard InChI is InChI=1S/C32H18O15/c33-25(34)17-9-1-5-13(21(17)29(41)42)15-7-3-11-19(27(37)38)23(15)31(45)47-32(46)24-16(8-4-12-20(24)28(39)40)14-6-2-10-18(26(35)36)22(14)30(43)44/h1-12H,(H,33,34)(H,35,36)(H,37,38)(H,39,40)(H,41,42)(H,43,44). The van der Waals surface area contributed by atoms with Crippen LogP contribution in [0.2, 0.25) is 0 Å². The Hall–Kier alpha value is -7.16. The Morgan fingerprint density at radius 1 is 0.340 bits per heavy atom. The van der Waals surface area contributed by atoms with Crippen LogP contribution in [0.1, 0.15) is 82.9 Å². The highest BCUT2D eigenvalue weighted by Crippen LogP contribution is 2.35. The van der Waals surface area contributed by atoms with E-state index in [0.29, 0.717) is 0 Å². The van der Waals surface area contributed by atoms with Crippen LogP contribution in [0.5, 0.6) is 0 Å². The molecule has 0 bridgehead atoms. The van der Waals surface area contributed by atoms with Crippen molar-refractivity contribution in [2.75, 3.05) is 0 Å². The SMILES string of the molecule is O=C(O)c1cccc(-c2cccc(C(=O)O)c2C(=O)OC(=O)c2c(C(=O)O)cccc2-c2cccc(C(=O)O)c2C(=O)O)c1C(=O)O. The van der Waals surface area contributed by atoms with Crippen molar-refractivity contribution in [1.82, 2.24) is 0 Å². The van der Waals surface area contributed by atoms with E-state index in [1.54, 1.807) is 0 Å². The molecular weight excluding hydrogens is 624 g/mol. The highest BCUT2D eigenvalue weighted by Gasteiger charge is 2.32. The number of hydrogen-bond donors (Lipinski definition) is 6. The Labute approximate surface area is 261 Å². The van der Waals surface area contributed by atoms with Crippen LogP contribution in [-0.2, 0) is 4.74 Å². The number of carboxylic acid groups (broad SMARTS) is 6. The van der Waals surface area contributed by atoms with Crippen molar-refractivity contribution < 1.29 is 73.7 Å². The van der Waals surface area contributed by atoms with Crippen molar-refractivity contribution in [2.24, 2.45) is 0 Å². The predicted octanol–water partition coefficient (Wildman–Crippen LogP) is 4.21. The summed E-state index contributed by atoms with van der Waals surface area (Å²) >= 11 is 0. The normalized spacial score (nSPS) is 10.5. The molecule has 47 heavy (non-hydrogen) atoms. The topological polar surface area (TPSA) is 267 Å². The fourth-order valence-electron chi connectivity index (χ4n) is 4.91. The molecular formula is C32H18O15. The van der Waals surface area contributed by atoms with E-state index in [-0.39, 0.29) is 0 Å². The lowest BCUT2D eigenvalue weighted by Gasteiger charge is -2.17. The number of benzene rings is 4. The van der Waals surface area contributed by atoms with Gasteiger partial charge in [-0.05, 0) is 46.5 Å². The first-order chi connectivity index (χ1) is 22.2. The number of carbonyl (C=O) groups excluding carboxylic acids is 2. The fraction of sp³-hybridized carbons (Fsp3) is 0. The van der Waals surface area contributed by atoms with Gasteiger partial charge in [0, 0.05) is 0 Å². The highest BCUT2D eigenvalue weighted by molar-refractivity contribution is 6.17. The van der Waals surface area contributed by atoms with E-state index in [0.717, 1.165) is 72.8 Å². The molecule has 0 spiro atoms. The summed E-state index contributed by atoms with van der Waals surface area (Å²) in [5.74, 6) is -13.8. The molecule has 0 aromatic heterocycles. The average molecular weight is 642 g/mol. The maximum absolute atomic E-state index is 13.6. The molecule has 236 valence electrons. The van der Waals surface area contributed by atoms with Gasteiger partial charge in [0.1, 0.15) is 0 Å². The van der Waals surface area contributed by atoms with Crippen molar-refractivity contribution in [3.05, 3.63) is 117 Å². The number of rotatable bonds is 10. The van der Waals surface area contributed by atoms with Crippen molar-refractivity contribution >= 4 is 47.8 Å². The minimum atomic E-state index is -1.76. The number of esters is 2. The van der Waals surface area contributed by atoms with E-state index in [2.05, 4.69) is 0 Å². The Kier molecular flexibility index (Phi) is 8.94. The third kappa shape index (κ3) is 6.12. The number of carboxylic acids is 6. The first-order valence-electron chi connectivity index (χ1n) is 12.9. The van der Waals surface area contributed by atoms with Crippen LogP contribution >= 0.6 is 0 Å². The second kappa shape index (κ2) is 12.8. The van der Waals surface area contributed by atoms with Gasteiger partial charge >= 0.3 is 47.8 Å².